The van der Waals surface area contributed by atoms with Crippen LogP contribution in [-0.4, -0.2) is 73.4 Å². The summed E-state index contributed by atoms with van der Waals surface area (Å²) in [6.07, 6.45) is 44.0. The molecule has 294 valence electrons. The van der Waals surface area contributed by atoms with Crippen molar-refractivity contribution < 1.29 is 32.9 Å². The molecule has 1 amide bonds. The van der Waals surface area contributed by atoms with Crippen molar-refractivity contribution >= 4 is 13.7 Å². The molecule has 0 saturated heterocycles. The minimum absolute atomic E-state index is 0.0470. The number of aliphatic hydroxyl groups excluding tert-OH is 1. The molecule has 3 unspecified atom stereocenters. The van der Waals surface area contributed by atoms with Gasteiger partial charge in [-0.25, -0.2) is 4.57 Å². The van der Waals surface area contributed by atoms with Crippen molar-refractivity contribution in [1.82, 2.24) is 5.32 Å². The van der Waals surface area contributed by atoms with Gasteiger partial charge in [0.05, 0.1) is 39.9 Å². The van der Waals surface area contributed by atoms with Crippen LogP contribution in [0.1, 0.15) is 136 Å². The van der Waals surface area contributed by atoms with Crippen molar-refractivity contribution in [3.8, 4) is 0 Å². The summed E-state index contributed by atoms with van der Waals surface area (Å²) in [5.41, 5.74) is 0. The minimum Gasteiger partial charge on any atom is -0.387 e. The van der Waals surface area contributed by atoms with Gasteiger partial charge in [0.2, 0.25) is 5.91 Å². The third kappa shape index (κ3) is 36.1. The van der Waals surface area contributed by atoms with Crippen LogP contribution in [0.2, 0.25) is 0 Å². The largest absolute Gasteiger partial charge is 0.472 e. The number of hydrogen-bond acceptors (Lipinski definition) is 5. The Labute approximate surface area is 313 Å². The molecule has 0 aromatic heterocycles. The lowest BCUT2D eigenvalue weighted by Gasteiger charge is -2.25. The lowest BCUT2D eigenvalue weighted by Crippen LogP contribution is -2.45. The Bertz CT molecular complexity index is 1060. The lowest BCUT2D eigenvalue weighted by atomic mass is 10.1. The van der Waals surface area contributed by atoms with Gasteiger partial charge in [0.1, 0.15) is 13.2 Å². The number of quaternary nitrogens is 1. The first-order chi connectivity index (χ1) is 24.5. The standard InChI is InChI=1S/C42H75N2O6P/c1-6-8-10-12-14-16-18-20-21-22-23-24-26-28-30-32-34-36-42(46)43-40(39-50-51(47,48)49-38-37-44(3,4)5)41(45)35-33-31-29-27-25-19-17-15-13-11-9-7-2/h8,10,14,16,20-21,23-25,27,33,35,40-41,45H,6-7,9,11-13,15,17-19,22,26,28-32,34,36-39H2,1-5H3,(H-,43,46,47,48)/p+1/b10-8-,16-14-,21-20-,24-23-,27-25+,35-33+. The Morgan fingerprint density at radius 2 is 1.20 bits per heavy atom. The minimum atomic E-state index is -4.35. The van der Waals surface area contributed by atoms with Crippen LogP contribution >= 0.6 is 7.82 Å². The normalized spacial score (nSPS) is 15.4. The second-order valence-electron chi connectivity index (χ2n) is 14.3. The van der Waals surface area contributed by atoms with Crippen LogP contribution < -0.4 is 5.32 Å². The van der Waals surface area contributed by atoms with E-state index in [9.17, 15) is 19.4 Å². The molecule has 0 spiro atoms. The first-order valence-electron chi connectivity index (χ1n) is 19.8. The number of allylic oxidation sites excluding steroid dienone is 11. The molecule has 9 heteroatoms. The van der Waals surface area contributed by atoms with Crippen molar-refractivity contribution in [2.75, 3.05) is 40.9 Å². The Kier molecular flexibility index (Phi) is 32.4. The van der Waals surface area contributed by atoms with E-state index in [-0.39, 0.29) is 19.1 Å². The van der Waals surface area contributed by atoms with E-state index in [1.807, 2.05) is 27.2 Å². The number of rotatable bonds is 34. The molecule has 0 heterocycles. The summed E-state index contributed by atoms with van der Waals surface area (Å²) in [4.78, 5) is 23.0. The van der Waals surface area contributed by atoms with Crippen molar-refractivity contribution in [2.45, 2.75) is 148 Å². The number of phosphoric ester groups is 1. The number of hydrogen-bond donors (Lipinski definition) is 3. The van der Waals surface area contributed by atoms with Gasteiger partial charge in [-0.05, 0) is 70.6 Å². The van der Waals surface area contributed by atoms with Gasteiger partial charge in [-0.1, -0.05) is 132 Å². The molecular formula is C42H76N2O6P+. The van der Waals surface area contributed by atoms with Gasteiger partial charge < -0.3 is 19.8 Å². The first-order valence-corrected chi connectivity index (χ1v) is 21.3. The summed E-state index contributed by atoms with van der Waals surface area (Å²) >= 11 is 0. The SMILES string of the molecule is CC/C=C\C/C=C\C/C=C\C/C=C\CCCCCCC(=O)NC(COP(=O)(O)OCC[N+](C)(C)C)C(O)/C=C/CC/C=C/CCCCCCCC. The van der Waals surface area contributed by atoms with Gasteiger partial charge in [-0.2, -0.15) is 0 Å². The first kappa shape index (κ1) is 48.9. The van der Waals surface area contributed by atoms with E-state index in [0.717, 1.165) is 77.0 Å². The van der Waals surface area contributed by atoms with Crippen molar-refractivity contribution in [2.24, 2.45) is 0 Å². The van der Waals surface area contributed by atoms with Crippen molar-refractivity contribution in [1.29, 1.82) is 0 Å². The zero-order valence-corrected chi connectivity index (χ0v) is 34.0. The molecule has 0 bridgehead atoms. The number of phosphoric acid groups is 1. The monoisotopic (exact) mass is 736 g/mol. The van der Waals surface area contributed by atoms with Gasteiger partial charge in [0.15, 0.2) is 0 Å². The molecule has 0 saturated carbocycles. The molecule has 0 rings (SSSR count). The van der Waals surface area contributed by atoms with E-state index in [2.05, 4.69) is 79.9 Å². The van der Waals surface area contributed by atoms with E-state index in [0.29, 0.717) is 17.4 Å². The predicted octanol–water partition coefficient (Wildman–Crippen LogP) is 10.5. The quantitative estimate of drug-likeness (QED) is 0.0263. The van der Waals surface area contributed by atoms with Gasteiger partial charge in [0.25, 0.3) is 0 Å². The Morgan fingerprint density at radius 3 is 1.80 bits per heavy atom. The van der Waals surface area contributed by atoms with E-state index >= 15 is 0 Å². The molecule has 0 aliphatic heterocycles. The highest BCUT2D eigenvalue weighted by Gasteiger charge is 2.27. The number of carbonyl (C=O) groups excluding carboxylic acids is 1. The maximum absolute atomic E-state index is 12.8. The highest BCUT2D eigenvalue weighted by Crippen LogP contribution is 2.43. The summed E-state index contributed by atoms with van der Waals surface area (Å²) in [5.74, 6) is -0.216. The smallest absolute Gasteiger partial charge is 0.387 e. The second-order valence-corrected chi connectivity index (χ2v) is 15.7. The molecule has 0 radical (unpaired) electrons. The fourth-order valence-electron chi connectivity index (χ4n) is 4.99. The van der Waals surface area contributed by atoms with Crippen LogP contribution in [0, 0.1) is 0 Å². The third-order valence-corrected chi connectivity index (χ3v) is 9.14. The number of amides is 1. The summed E-state index contributed by atoms with van der Waals surface area (Å²) < 4.78 is 23.4. The van der Waals surface area contributed by atoms with Gasteiger partial charge >= 0.3 is 7.82 Å². The molecule has 51 heavy (non-hydrogen) atoms. The maximum Gasteiger partial charge on any atom is 0.472 e. The summed E-state index contributed by atoms with van der Waals surface area (Å²) in [7, 11) is 1.52. The number of aliphatic hydroxyl groups is 1. The number of nitrogens with one attached hydrogen (secondary N) is 1. The van der Waals surface area contributed by atoms with Crippen LogP contribution in [-0.2, 0) is 18.4 Å². The van der Waals surface area contributed by atoms with Crippen LogP contribution in [0.15, 0.2) is 72.9 Å². The van der Waals surface area contributed by atoms with Gasteiger partial charge in [-0.15, -0.1) is 0 Å². The van der Waals surface area contributed by atoms with Crippen molar-refractivity contribution in [3.63, 3.8) is 0 Å². The molecule has 0 fully saturated rings. The highest BCUT2D eigenvalue weighted by molar-refractivity contribution is 7.47. The topological polar surface area (TPSA) is 105 Å². The molecule has 0 aromatic rings. The van der Waals surface area contributed by atoms with E-state index in [4.69, 9.17) is 9.05 Å². The third-order valence-electron chi connectivity index (χ3n) is 8.16. The number of unbranched alkanes of at least 4 members (excludes halogenated alkanes) is 11. The molecule has 0 aliphatic rings. The lowest BCUT2D eigenvalue weighted by molar-refractivity contribution is -0.870. The Morgan fingerprint density at radius 1 is 0.686 bits per heavy atom. The van der Waals surface area contributed by atoms with Crippen molar-refractivity contribution in [3.05, 3.63) is 72.9 Å². The van der Waals surface area contributed by atoms with E-state index < -0.39 is 20.0 Å². The summed E-state index contributed by atoms with van der Waals surface area (Å²) in [6.45, 7) is 4.60. The average molecular weight is 736 g/mol. The number of carbonyl (C=O) groups is 1. The van der Waals surface area contributed by atoms with Crippen LogP contribution in [0.5, 0.6) is 0 Å². The maximum atomic E-state index is 12.8. The molecule has 0 aliphatic carbocycles. The summed E-state index contributed by atoms with van der Waals surface area (Å²) in [5, 5.41) is 13.7. The fraction of sp³-hybridized carbons (Fsp3) is 0.690. The Hall–Kier alpha value is -2.06. The highest BCUT2D eigenvalue weighted by atomic mass is 31.2. The zero-order chi connectivity index (χ0) is 37.9. The van der Waals surface area contributed by atoms with Crippen LogP contribution in [0.25, 0.3) is 0 Å². The van der Waals surface area contributed by atoms with Gasteiger partial charge in [-0.3, -0.25) is 13.8 Å². The summed E-state index contributed by atoms with van der Waals surface area (Å²) in [6, 6.07) is -0.877. The molecule has 3 N–H and O–H groups in total. The van der Waals surface area contributed by atoms with E-state index in [1.165, 1.54) is 38.5 Å². The molecule has 3 atom stereocenters. The van der Waals surface area contributed by atoms with Gasteiger partial charge in [0, 0.05) is 6.42 Å². The second kappa shape index (κ2) is 33.8. The van der Waals surface area contributed by atoms with Crippen LogP contribution in [0.3, 0.4) is 0 Å². The molecule has 0 aromatic carbocycles. The van der Waals surface area contributed by atoms with Crippen LogP contribution in [0.4, 0.5) is 0 Å². The predicted molar refractivity (Wildman–Crippen MR) is 216 cm³/mol. The molecular weight excluding hydrogens is 659 g/mol. The fourth-order valence-corrected chi connectivity index (χ4v) is 5.72. The Balaban J connectivity index is 4.61. The number of likely N-dealkylation sites (N-methyl/N-ethyl adjacent to an activating group) is 1. The van der Waals surface area contributed by atoms with E-state index in [1.54, 1.807) is 6.08 Å². The zero-order valence-electron chi connectivity index (χ0n) is 33.1. The molecule has 8 nitrogen and oxygen atoms in total. The average Bonchev–Trinajstić information content (AvgIpc) is 3.07. The number of nitrogens with zero attached hydrogens (tertiary/aromatic N) is 1.